The number of aliphatic hydroxyl groups is 2. The Labute approximate surface area is 221 Å². The van der Waals surface area contributed by atoms with Crippen molar-refractivity contribution in [3.63, 3.8) is 0 Å². The number of aliphatic imine (C=N–C) groups is 2. The molecule has 2 atom stereocenters. The van der Waals surface area contributed by atoms with Crippen molar-refractivity contribution in [1.82, 2.24) is 9.97 Å². The average Bonchev–Trinajstić information content (AvgIpc) is 2.95. The molecule has 0 aliphatic rings. The Morgan fingerprint density at radius 1 is 0.658 bits per heavy atom. The Kier molecular flexibility index (Phi) is 8.58. The predicted molar refractivity (Wildman–Crippen MR) is 147 cm³/mol. The zero-order valence-corrected chi connectivity index (χ0v) is 21.2. The molecule has 4 N–H and O–H groups in total. The second-order valence-corrected chi connectivity index (χ2v) is 8.85. The molecular formula is C30H30N4O4. The molecule has 2 unspecified atom stereocenters. The van der Waals surface area contributed by atoms with Crippen LogP contribution in [0.4, 0.5) is 0 Å². The van der Waals surface area contributed by atoms with Gasteiger partial charge in [0.05, 0.1) is 24.6 Å². The summed E-state index contributed by atoms with van der Waals surface area (Å²) in [5, 5.41) is 41.0. The molecule has 0 saturated carbocycles. The van der Waals surface area contributed by atoms with E-state index < -0.39 is 12.1 Å². The van der Waals surface area contributed by atoms with E-state index >= 15 is 0 Å². The van der Waals surface area contributed by atoms with E-state index in [2.05, 4.69) is 9.97 Å². The molecule has 0 bridgehead atoms. The highest BCUT2D eigenvalue weighted by Gasteiger charge is 2.24. The van der Waals surface area contributed by atoms with Crippen molar-refractivity contribution >= 4 is 12.4 Å². The summed E-state index contributed by atoms with van der Waals surface area (Å²) >= 11 is 0. The van der Waals surface area contributed by atoms with Gasteiger partial charge in [-0.1, -0.05) is 60.7 Å². The van der Waals surface area contributed by atoms with E-state index in [1.54, 1.807) is 26.3 Å². The van der Waals surface area contributed by atoms with Crippen molar-refractivity contribution in [3.05, 3.63) is 118 Å². The number of rotatable bonds is 9. The molecular weight excluding hydrogens is 480 g/mol. The number of aromatic hydroxyl groups is 2. The minimum atomic E-state index is -0.531. The molecule has 0 fully saturated rings. The summed E-state index contributed by atoms with van der Waals surface area (Å²) in [6, 6.07) is 18.2. The minimum Gasteiger partial charge on any atom is -0.505 e. The van der Waals surface area contributed by atoms with Gasteiger partial charge in [-0.05, 0) is 25.0 Å². The van der Waals surface area contributed by atoms with E-state index in [4.69, 9.17) is 9.98 Å². The van der Waals surface area contributed by atoms with Gasteiger partial charge in [0.25, 0.3) is 0 Å². The lowest BCUT2D eigenvalue weighted by Gasteiger charge is -2.22. The summed E-state index contributed by atoms with van der Waals surface area (Å²) in [5.41, 5.74) is 4.30. The molecule has 0 saturated heterocycles. The first-order chi connectivity index (χ1) is 18.4. The van der Waals surface area contributed by atoms with Crippen LogP contribution in [0.2, 0.25) is 0 Å². The Morgan fingerprint density at radius 2 is 1.03 bits per heavy atom. The van der Waals surface area contributed by atoms with E-state index in [9.17, 15) is 20.4 Å². The largest absolute Gasteiger partial charge is 0.505 e. The second-order valence-electron chi connectivity index (χ2n) is 8.85. The van der Waals surface area contributed by atoms with Crippen molar-refractivity contribution in [2.24, 2.45) is 9.98 Å². The van der Waals surface area contributed by atoms with Gasteiger partial charge in [-0.25, -0.2) is 0 Å². The molecule has 2 heterocycles. The second kappa shape index (κ2) is 12.2. The van der Waals surface area contributed by atoms with E-state index in [0.717, 1.165) is 11.1 Å². The molecule has 0 spiro atoms. The van der Waals surface area contributed by atoms with Crippen molar-refractivity contribution in [2.45, 2.75) is 39.1 Å². The van der Waals surface area contributed by atoms with Crippen LogP contribution in [0.5, 0.6) is 11.5 Å². The zero-order valence-electron chi connectivity index (χ0n) is 21.2. The van der Waals surface area contributed by atoms with Crippen molar-refractivity contribution in [3.8, 4) is 11.5 Å². The number of hydrogen-bond acceptors (Lipinski definition) is 8. The molecule has 38 heavy (non-hydrogen) atoms. The first-order valence-corrected chi connectivity index (χ1v) is 12.2. The predicted octanol–water partition coefficient (Wildman–Crippen LogP) is 4.51. The van der Waals surface area contributed by atoms with Crippen LogP contribution >= 0.6 is 0 Å². The monoisotopic (exact) mass is 510 g/mol. The SMILES string of the molecule is Cc1ncc(CO)c(C=NC(c2ccccc2)C(N=Cc2c(CO)cnc(C)c2O)c2ccccc2)c1O. The van der Waals surface area contributed by atoms with Gasteiger partial charge in [-0.2, -0.15) is 0 Å². The first kappa shape index (κ1) is 26.7. The van der Waals surface area contributed by atoms with Crippen molar-refractivity contribution in [2.75, 3.05) is 0 Å². The molecule has 8 nitrogen and oxygen atoms in total. The summed E-state index contributed by atoms with van der Waals surface area (Å²) < 4.78 is 0. The van der Waals surface area contributed by atoms with Crippen LogP contribution in [0.25, 0.3) is 0 Å². The molecule has 0 radical (unpaired) electrons. The molecule has 4 aromatic rings. The van der Waals surface area contributed by atoms with Crippen molar-refractivity contribution in [1.29, 1.82) is 0 Å². The number of pyridine rings is 2. The molecule has 194 valence electrons. The standard InChI is InChI=1S/C30H30N4O4/c1-19-29(37)25(23(17-35)13-31-19)15-33-27(21-9-5-3-6-10-21)28(22-11-7-4-8-12-22)34-16-26-24(18-36)14-32-20(2)30(26)38/h3-16,27-28,35-38H,17-18H2,1-2H3. The van der Waals surface area contributed by atoms with Crippen LogP contribution in [0.15, 0.2) is 83.0 Å². The van der Waals surface area contributed by atoms with Crippen LogP contribution < -0.4 is 0 Å². The lowest BCUT2D eigenvalue weighted by Crippen LogP contribution is -2.10. The Morgan fingerprint density at radius 3 is 1.37 bits per heavy atom. The number of benzene rings is 2. The average molecular weight is 511 g/mol. The van der Waals surface area contributed by atoms with Gasteiger partial charge in [0, 0.05) is 47.1 Å². The van der Waals surface area contributed by atoms with E-state index in [0.29, 0.717) is 33.6 Å². The maximum atomic E-state index is 10.7. The molecule has 0 aliphatic heterocycles. The van der Waals surface area contributed by atoms with Gasteiger partial charge < -0.3 is 20.4 Å². The van der Waals surface area contributed by atoms with Crippen LogP contribution in [0.3, 0.4) is 0 Å². The van der Waals surface area contributed by atoms with Gasteiger partial charge in [0.2, 0.25) is 0 Å². The number of aryl methyl sites for hydroxylation is 2. The van der Waals surface area contributed by atoms with Gasteiger partial charge in [-0.3, -0.25) is 20.0 Å². The lowest BCUT2D eigenvalue weighted by molar-refractivity contribution is 0.280. The van der Waals surface area contributed by atoms with E-state index in [1.807, 2.05) is 60.7 Å². The number of nitrogens with zero attached hydrogens (tertiary/aromatic N) is 4. The van der Waals surface area contributed by atoms with E-state index in [1.165, 1.54) is 12.4 Å². The lowest BCUT2D eigenvalue weighted by atomic mass is 9.94. The van der Waals surface area contributed by atoms with Crippen LogP contribution in [-0.4, -0.2) is 42.8 Å². The van der Waals surface area contributed by atoms with Gasteiger partial charge >= 0.3 is 0 Å². The van der Waals surface area contributed by atoms with Crippen LogP contribution in [-0.2, 0) is 13.2 Å². The molecule has 0 aliphatic carbocycles. The summed E-state index contributed by atoms with van der Waals surface area (Å²) in [6.45, 7) is 2.76. The maximum Gasteiger partial charge on any atom is 0.145 e. The fourth-order valence-electron chi connectivity index (χ4n) is 4.15. The molecule has 4 rings (SSSR count). The molecule has 8 heteroatoms. The highest BCUT2D eigenvalue weighted by atomic mass is 16.3. The van der Waals surface area contributed by atoms with Gasteiger partial charge in [-0.15, -0.1) is 0 Å². The normalized spacial score (nSPS) is 13.3. The molecule has 2 aromatic heterocycles. The third kappa shape index (κ3) is 5.77. The fourth-order valence-corrected chi connectivity index (χ4v) is 4.15. The quantitative estimate of drug-likeness (QED) is 0.245. The fraction of sp³-hybridized carbons (Fsp3) is 0.200. The van der Waals surface area contributed by atoms with Gasteiger partial charge in [0.1, 0.15) is 23.6 Å². The summed E-state index contributed by atoms with van der Waals surface area (Å²) in [6.07, 6.45) is 6.13. The minimum absolute atomic E-state index is 0.0448. The maximum absolute atomic E-state index is 10.7. The Bertz CT molecular complexity index is 1330. The van der Waals surface area contributed by atoms with E-state index in [-0.39, 0.29) is 24.7 Å². The highest BCUT2D eigenvalue weighted by molar-refractivity contribution is 5.87. The third-order valence-corrected chi connectivity index (χ3v) is 6.37. The summed E-state index contributed by atoms with van der Waals surface area (Å²) in [5.74, 6) is -0.0895. The van der Waals surface area contributed by atoms with Gasteiger partial charge in [0.15, 0.2) is 0 Å². The Hall–Kier alpha value is -4.40. The Balaban J connectivity index is 1.87. The van der Waals surface area contributed by atoms with Crippen LogP contribution in [0.1, 0.15) is 56.9 Å². The summed E-state index contributed by atoms with van der Waals surface area (Å²) in [7, 11) is 0. The third-order valence-electron chi connectivity index (χ3n) is 6.37. The number of aromatic nitrogens is 2. The number of hydrogen-bond donors (Lipinski definition) is 4. The smallest absolute Gasteiger partial charge is 0.145 e. The number of aliphatic hydroxyl groups excluding tert-OH is 2. The summed E-state index contributed by atoms with van der Waals surface area (Å²) in [4.78, 5) is 18.0. The zero-order chi connectivity index (χ0) is 27.1. The van der Waals surface area contributed by atoms with Crippen LogP contribution in [0, 0.1) is 13.8 Å². The highest BCUT2D eigenvalue weighted by Crippen LogP contribution is 2.36. The first-order valence-electron chi connectivity index (χ1n) is 12.2. The molecule has 2 aromatic carbocycles. The molecule has 0 amide bonds. The van der Waals surface area contributed by atoms with Crippen molar-refractivity contribution < 1.29 is 20.4 Å². The topological polar surface area (TPSA) is 131 Å².